The van der Waals surface area contributed by atoms with Gasteiger partial charge in [-0.15, -0.1) is 0 Å². The molecule has 43 heavy (non-hydrogen) atoms. The van der Waals surface area contributed by atoms with Crippen molar-refractivity contribution in [3.8, 4) is 0 Å². The molecule has 0 amide bonds. The summed E-state index contributed by atoms with van der Waals surface area (Å²) in [6.07, 6.45) is 4.13. The van der Waals surface area contributed by atoms with Crippen LogP contribution >= 0.6 is 23.5 Å². The first-order valence-electron chi connectivity index (χ1n) is 14.6. The molecular weight excluding hydrogens is 590 g/mol. The summed E-state index contributed by atoms with van der Waals surface area (Å²) in [5, 5.41) is 11.0. The monoisotopic (exact) mass is 624 g/mol. The Bertz CT molecular complexity index is 1510. The molecular formula is C34H34F2O5S2. The second kappa shape index (κ2) is 11.0. The van der Waals surface area contributed by atoms with Crippen LogP contribution in [0.5, 0.6) is 0 Å². The lowest BCUT2D eigenvalue weighted by Crippen LogP contribution is -2.69. The maximum atomic E-state index is 17.5. The SMILES string of the molecule is C[C@]12C=CC(=O)C=C1CCC1C3CC[C@](OC(=O)c4ccc(Sc5ccccc5)cc4)(C(=O)SCF)[C@@]3(C)C[C@H](O)C12F. The van der Waals surface area contributed by atoms with Gasteiger partial charge in [-0.3, -0.25) is 9.59 Å². The third-order valence-electron chi connectivity index (χ3n) is 10.6. The first-order chi connectivity index (χ1) is 20.5. The minimum atomic E-state index is -2.08. The summed E-state index contributed by atoms with van der Waals surface area (Å²) >= 11 is 1.99. The van der Waals surface area contributed by atoms with Crippen molar-refractivity contribution in [3.05, 3.63) is 84.0 Å². The molecule has 0 spiro atoms. The highest BCUT2D eigenvalue weighted by atomic mass is 32.2. The van der Waals surface area contributed by atoms with Crippen molar-refractivity contribution >= 4 is 40.4 Å². The van der Waals surface area contributed by atoms with E-state index in [-0.39, 0.29) is 24.2 Å². The molecule has 5 nitrogen and oxygen atoms in total. The van der Waals surface area contributed by atoms with Crippen LogP contribution < -0.4 is 0 Å². The Hall–Kier alpha value is -2.75. The number of aliphatic hydroxyl groups is 1. The van der Waals surface area contributed by atoms with Gasteiger partial charge in [0.1, 0.15) is 6.01 Å². The van der Waals surface area contributed by atoms with E-state index in [2.05, 4.69) is 0 Å². The Kier molecular flexibility index (Phi) is 7.75. The second-order valence-electron chi connectivity index (χ2n) is 12.5. The zero-order chi connectivity index (χ0) is 30.6. The molecule has 9 heteroatoms. The highest BCUT2D eigenvalue weighted by molar-refractivity contribution is 8.13. The van der Waals surface area contributed by atoms with Gasteiger partial charge in [0.05, 0.1) is 11.7 Å². The highest BCUT2D eigenvalue weighted by Crippen LogP contribution is 2.70. The number of carbonyl (C=O) groups excluding carboxylic acids is 3. The number of hydrogen-bond donors (Lipinski definition) is 1. The normalized spacial score (nSPS) is 36.3. The number of benzene rings is 2. The lowest BCUT2D eigenvalue weighted by Gasteiger charge is -2.62. The first kappa shape index (κ1) is 30.3. The van der Waals surface area contributed by atoms with E-state index in [1.807, 2.05) is 30.3 Å². The number of ether oxygens (including phenoxy) is 1. The lowest BCUT2D eigenvalue weighted by atomic mass is 9.45. The van der Waals surface area contributed by atoms with Crippen LogP contribution in [0.2, 0.25) is 0 Å². The molecule has 0 aromatic heterocycles. The minimum absolute atomic E-state index is 0.112. The summed E-state index contributed by atoms with van der Waals surface area (Å²) in [6.45, 7) is 3.51. The number of aliphatic hydroxyl groups excluding tert-OH is 1. The molecule has 226 valence electrons. The summed E-state index contributed by atoms with van der Waals surface area (Å²) in [5.74, 6) is -1.98. The van der Waals surface area contributed by atoms with E-state index in [4.69, 9.17) is 4.74 Å². The van der Waals surface area contributed by atoms with Crippen molar-refractivity contribution in [2.24, 2.45) is 22.7 Å². The molecule has 2 aromatic carbocycles. The zero-order valence-electron chi connectivity index (χ0n) is 24.1. The lowest BCUT2D eigenvalue weighted by molar-refractivity contribution is -0.214. The van der Waals surface area contributed by atoms with E-state index < -0.39 is 57.1 Å². The fourth-order valence-electron chi connectivity index (χ4n) is 8.41. The molecule has 4 aliphatic carbocycles. The average molecular weight is 625 g/mol. The van der Waals surface area contributed by atoms with Crippen molar-refractivity contribution in [1.82, 2.24) is 0 Å². The van der Waals surface area contributed by atoms with Gasteiger partial charge < -0.3 is 9.84 Å². The summed E-state index contributed by atoms with van der Waals surface area (Å²) in [7, 11) is 0. The van der Waals surface area contributed by atoms with Gasteiger partial charge in [0, 0.05) is 26.5 Å². The van der Waals surface area contributed by atoms with Crippen LogP contribution in [-0.4, -0.2) is 45.4 Å². The number of hydrogen-bond acceptors (Lipinski definition) is 7. The van der Waals surface area contributed by atoms with Crippen LogP contribution in [0.25, 0.3) is 0 Å². The van der Waals surface area contributed by atoms with Crippen LogP contribution in [0, 0.1) is 22.7 Å². The molecule has 3 fully saturated rings. The largest absolute Gasteiger partial charge is 0.446 e. The number of fused-ring (bicyclic) bond motifs is 5. The minimum Gasteiger partial charge on any atom is -0.446 e. The fraction of sp³-hybridized carbons (Fsp3) is 0.441. The van der Waals surface area contributed by atoms with Crippen molar-refractivity contribution in [3.63, 3.8) is 0 Å². The van der Waals surface area contributed by atoms with Crippen LogP contribution in [0.15, 0.2) is 88.2 Å². The number of thioether (sulfide) groups is 1. The van der Waals surface area contributed by atoms with E-state index in [0.717, 1.165) is 9.79 Å². The Morgan fingerprint density at radius 2 is 1.72 bits per heavy atom. The molecule has 2 aromatic rings. The average Bonchev–Trinajstić information content (AvgIpc) is 3.27. The maximum absolute atomic E-state index is 17.5. The maximum Gasteiger partial charge on any atom is 0.339 e. The smallest absolute Gasteiger partial charge is 0.339 e. The molecule has 0 aliphatic heterocycles. The quantitative estimate of drug-likeness (QED) is 0.338. The third-order valence-corrected chi connectivity index (χ3v) is 12.3. The topological polar surface area (TPSA) is 80.7 Å². The number of allylic oxidation sites excluding steroid dienone is 4. The predicted molar refractivity (Wildman–Crippen MR) is 162 cm³/mol. The molecule has 3 saturated carbocycles. The summed E-state index contributed by atoms with van der Waals surface area (Å²) in [6, 6.07) is 15.7. The van der Waals surface area contributed by atoms with Gasteiger partial charge in [-0.25, -0.2) is 13.6 Å². The molecule has 0 bridgehead atoms. The van der Waals surface area contributed by atoms with Gasteiger partial charge >= 0.3 is 5.97 Å². The van der Waals surface area contributed by atoms with Gasteiger partial charge in [-0.05, 0) is 105 Å². The number of carbonyl (C=O) groups is 3. The van der Waals surface area contributed by atoms with E-state index in [9.17, 15) is 23.9 Å². The van der Waals surface area contributed by atoms with Crippen LogP contribution in [0.3, 0.4) is 0 Å². The van der Waals surface area contributed by atoms with E-state index in [1.165, 1.54) is 12.2 Å². The van der Waals surface area contributed by atoms with Gasteiger partial charge in [-0.1, -0.05) is 48.5 Å². The van der Waals surface area contributed by atoms with E-state index in [0.29, 0.717) is 36.6 Å². The molecule has 3 unspecified atom stereocenters. The summed E-state index contributed by atoms with van der Waals surface area (Å²) < 4.78 is 37.2. The Balaban J connectivity index is 1.31. The molecule has 0 radical (unpaired) electrons. The van der Waals surface area contributed by atoms with Crippen molar-refractivity contribution in [2.45, 2.75) is 73.1 Å². The van der Waals surface area contributed by atoms with E-state index >= 15 is 4.39 Å². The first-order valence-corrected chi connectivity index (χ1v) is 16.4. The molecule has 0 saturated heterocycles. The molecule has 1 N–H and O–H groups in total. The summed E-state index contributed by atoms with van der Waals surface area (Å²) in [5.41, 5.74) is -5.22. The van der Waals surface area contributed by atoms with Gasteiger partial charge in [0.2, 0.25) is 5.12 Å². The van der Waals surface area contributed by atoms with Crippen molar-refractivity contribution < 1.29 is 33.0 Å². The Labute approximate surface area is 258 Å². The number of ketones is 1. The van der Waals surface area contributed by atoms with Crippen LogP contribution in [0.1, 0.15) is 56.3 Å². The zero-order valence-corrected chi connectivity index (χ0v) is 25.7. The van der Waals surface area contributed by atoms with Gasteiger partial charge in [-0.2, -0.15) is 0 Å². The number of halogens is 2. The van der Waals surface area contributed by atoms with Gasteiger partial charge in [0.15, 0.2) is 17.1 Å². The van der Waals surface area contributed by atoms with Crippen LogP contribution in [0.4, 0.5) is 8.78 Å². The number of esters is 1. The molecule has 6 rings (SSSR count). The number of rotatable bonds is 6. The second-order valence-corrected chi connectivity index (χ2v) is 14.5. The molecule has 7 atom stereocenters. The van der Waals surface area contributed by atoms with Crippen molar-refractivity contribution in [2.75, 3.05) is 6.01 Å². The molecule has 0 heterocycles. The summed E-state index contributed by atoms with van der Waals surface area (Å²) in [4.78, 5) is 41.4. The van der Waals surface area contributed by atoms with Crippen LogP contribution in [-0.2, 0) is 14.3 Å². The predicted octanol–water partition coefficient (Wildman–Crippen LogP) is 7.29. The van der Waals surface area contributed by atoms with Gasteiger partial charge in [0.25, 0.3) is 0 Å². The van der Waals surface area contributed by atoms with Crippen molar-refractivity contribution in [1.29, 1.82) is 0 Å². The Morgan fingerprint density at radius 1 is 1.02 bits per heavy atom. The molecule has 4 aliphatic rings. The fourth-order valence-corrected chi connectivity index (χ4v) is 9.96. The standard InChI is InChI=1S/C34H34F2O5S2/c1-31-16-14-23(37)18-22(31)10-13-27-26-15-17-33(30(40)42-20-35,32(26,2)19-28(38)34(27,31)36)41-29(39)21-8-11-25(12-9-21)43-24-6-4-3-5-7-24/h3-9,11-12,14,16,18,26-28,38H,10,13,15,17,19-20H2,1-2H3/t26?,27?,28-,31-,32-,33-,34?/m0/s1. The van der Waals surface area contributed by atoms with E-state index in [1.54, 1.807) is 56.0 Å². The number of alkyl halides is 2. The highest BCUT2D eigenvalue weighted by Gasteiger charge is 2.75. The Morgan fingerprint density at radius 3 is 2.42 bits per heavy atom. The third kappa shape index (κ3) is 4.56.